The molecule has 128 valence electrons. The van der Waals surface area contributed by atoms with Crippen molar-refractivity contribution in [2.75, 3.05) is 6.54 Å². The highest BCUT2D eigenvalue weighted by molar-refractivity contribution is 5.95. The van der Waals surface area contributed by atoms with Gasteiger partial charge >= 0.3 is 0 Å². The van der Waals surface area contributed by atoms with E-state index < -0.39 is 0 Å². The van der Waals surface area contributed by atoms with Crippen molar-refractivity contribution in [2.24, 2.45) is 0 Å². The van der Waals surface area contributed by atoms with Crippen LogP contribution in [0.4, 0.5) is 0 Å². The van der Waals surface area contributed by atoms with Crippen molar-refractivity contribution in [2.45, 2.75) is 46.6 Å². The molecule has 0 radical (unpaired) electrons. The minimum Gasteiger partial charge on any atom is -0.491 e. The average Bonchev–Trinajstić information content (AvgIpc) is 2.51. The van der Waals surface area contributed by atoms with Gasteiger partial charge in [0.05, 0.1) is 6.10 Å². The number of hydrogen-bond acceptors (Lipinski definition) is 2. The van der Waals surface area contributed by atoms with E-state index in [1.807, 2.05) is 58.0 Å². The van der Waals surface area contributed by atoms with E-state index in [4.69, 9.17) is 4.74 Å². The van der Waals surface area contributed by atoms with Crippen LogP contribution in [0.2, 0.25) is 0 Å². The van der Waals surface area contributed by atoms with Crippen LogP contribution in [0.25, 0.3) is 0 Å². The van der Waals surface area contributed by atoms with Crippen molar-refractivity contribution in [1.82, 2.24) is 5.32 Å². The molecular formula is C21H27NO2. The van der Waals surface area contributed by atoms with Crippen LogP contribution in [-0.4, -0.2) is 18.6 Å². The van der Waals surface area contributed by atoms with Gasteiger partial charge in [-0.1, -0.05) is 29.8 Å². The van der Waals surface area contributed by atoms with Gasteiger partial charge in [0, 0.05) is 12.1 Å². The second-order valence-corrected chi connectivity index (χ2v) is 6.49. The van der Waals surface area contributed by atoms with Gasteiger partial charge in [-0.15, -0.1) is 0 Å². The molecule has 2 rings (SSSR count). The second-order valence-electron chi connectivity index (χ2n) is 6.49. The van der Waals surface area contributed by atoms with Crippen LogP contribution in [0.3, 0.4) is 0 Å². The van der Waals surface area contributed by atoms with E-state index in [0.29, 0.717) is 6.54 Å². The number of carbonyl (C=O) groups excluding carboxylic acids is 1. The predicted octanol–water partition coefficient (Wildman–Crippen LogP) is 4.45. The summed E-state index contributed by atoms with van der Waals surface area (Å²) in [5.74, 6) is 0.909. The number of nitrogens with one attached hydrogen (secondary N) is 1. The van der Waals surface area contributed by atoms with Crippen molar-refractivity contribution in [1.29, 1.82) is 0 Å². The van der Waals surface area contributed by atoms with Crippen LogP contribution in [0.5, 0.6) is 5.75 Å². The summed E-state index contributed by atoms with van der Waals surface area (Å²) in [5, 5.41) is 3.01. The van der Waals surface area contributed by atoms with E-state index in [0.717, 1.165) is 29.7 Å². The Balaban J connectivity index is 1.81. The third-order valence-electron chi connectivity index (χ3n) is 3.82. The first kappa shape index (κ1) is 18.1. The molecule has 0 atom stereocenters. The van der Waals surface area contributed by atoms with E-state index in [2.05, 4.69) is 17.4 Å². The molecule has 1 amide bonds. The van der Waals surface area contributed by atoms with Crippen LogP contribution >= 0.6 is 0 Å². The highest BCUT2D eigenvalue weighted by Gasteiger charge is 2.08. The predicted molar refractivity (Wildman–Crippen MR) is 98.8 cm³/mol. The molecule has 2 aromatic rings. The van der Waals surface area contributed by atoms with Crippen molar-refractivity contribution < 1.29 is 9.53 Å². The number of aryl methyl sites for hydroxylation is 3. The SMILES string of the molecule is Cc1ccc(C(=O)NCCCc2cccc(OC(C)C)c2)c(C)c1. The normalized spacial score (nSPS) is 10.7. The number of benzene rings is 2. The lowest BCUT2D eigenvalue weighted by Crippen LogP contribution is -2.25. The zero-order chi connectivity index (χ0) is 17.5. The molecule has 0 fully saturated rings. The number of amides is 1. The molecule has 2 aromatic carbocycles. The lowest BCUT2D eigenvalue weighted by atomic mass is 10.1. The van der Waals surface area contributed by atoms with E-state index in [1.54, 1.807) is 0 Å². The Morgan fingerprint density at radius 2 is 1.92 bits per heavy atom. The number of rotatable bonds is 7. The molecule has 24 heavy (non-hydrogen) atoms. The Bertz CT molecular complexity index is 692. The molecule has 0 heterocycles. The van der Waals surface area contributed by atoms with Crippen molar-refractivity contribution in [3.05, 3.63) is 64.7 Å². The van der Waals surface area contributed by atoms with Gasteiger partial charge in [-0.3, -0.25) is 4.79 Å². The highest BCUT2D eigenvalue weighted by atomic mass is 16.5. The summed E-state index contributed by atoms with van der Waals surface area (Å²) in [6, 6.07) is 14.1. The Morgan fingerprint density at radius 1 is 1.12 bits per heavy atom. The van der Waals surface area contributed by atoms with E-state index in [9.17, 15) is 4.79 Å². The summed E-state index contributed by atoms with van der Waals surface area (Å²) in [7, 11) is 0. The Labute approximate surface area is 145 Å². The molecule has 1 N–H and O–H groups in total. The van der Waals surface area contributed by atoms with Crippen LogP contribution < -0.4 is 10.1 Å². The van der Waals surface area contributed by atoms with Gasteiger partial charge in [-0.25, -0.2) is 0 Å². The largest absolute Gasteiger partial charge is 0.491 e. The fourth-order valence-corrected chi connectivity index (χ4v) is 2.70. The van der Waals surface area contributed by atoms with Gasteiger partial charge in [0.25, 0.3) is 5.91 Å². The van der Waals surface area contributed by atoms with Crippen LogP contribution in [-0.2, 0) is 6.42 Å². The van der Waals surface area contributed by atoms with E-state index >= 15 is 0 Å². The standard InChI is InChI=1S/C21H27NO2/c1-15(2)24-19-9-5-7-18(14-19)8-6-12-22-21(23)20-11-10-16(3)13-17(20)4/h5,7,9-11,13-15H,6,8,12H2,1-4H3,(H,22,23). The fourth-order valence-electron chi connectivity index (χ4n) is 2.70. The molecule has 0 saturated carbocycles. The lowest BCUT2D eigenvalue weighted by molar-refractivity contribution is 0.0952. The molecule has 0 saturated heterocycles. The minimum atomic E-state index is 0.00407. The molecule has 0 aliphatic carbocycles. The maximum atomic E-state index is 12.2. The third kappa shape index (κ3) is 5.41. The lowest BCUT2D eigenvalue weighted by Gasteiger charge is -2.11. The van der Waals surface area contributed by atoms with Crippen molar-refractivity contribution in [3.63, 3.8) is 0 Å². The summed E-state index contributed by atoms with van der Waals surface area (Å²) in [6.07, 6.45) is 2.00. The number of hydrogen-bond donors (Lipinski definition) is 1. The van der Waals surface area contributed by atoms with Gasteiger partial charge in [-0.2, -0.15) is 0 Å². The molecule has 0 aliphatic heterocycles. The summed E-state index contributed by atoms with van der Waals surface area (Å²) in [6.45, 7) is 8.72. The molecule has 0 spiro atoms. The molecule has 3 nitrogen and oxygen atoms in total. The first-order chi connectivity index (χ1) is 11.5. The number of ether oxygens (including phenoxy) is 1. The van der Waals surface area contributed by atoms with Crippen molar-refractivity contribution >= 4 is 5.91 Å². The molecular weight excluding hydrogens is 298 g/mol. The Morgan fingerprint density at radius 3 is 2.62 bits per heavy atom. The van der Waals surface area contributed by atoms with Crippen LogP contribution in [0.1, 0.15) is 47.3 Å². The van der Waals surface area contributed by atoms with Crippen LogP contribution in [0, 0.1) is 13.8 Å². The minimum absolute atomic E-state index is 0.00407. The summed E-state index contributed by atoms with van der Waals surface area (Å²) in [5.41, 5.74) is 4.18. The summed E-state index contributed by atoms with van der Waals surface area (Å²) >= 11 is 0. The molecule has 0 aliphatic rings. The van der Waals surface area contributed by atoms with Gasteiger partial charge in [0.1, 0.15) is 5.75 Å². The van der Waals surface area contributed by atoms with Gasteiger partial charge in [-0.05, 0) is 69.9 Å². The fraction of sp³-hybridized carbons (Fsp3) is 0.381. The summed E-state index contributed by atoms with van der Waals surface area (Å²) in [4.78, 5) is 12.2. The van der Waals surface area contributed by atoms with Gasteiger partial charge in [0.2, 0.25) is 0 Å². The maximum Gasteiger partial charge on any atom is 0.251 e. The maximum absolute atomic E-state index is 12.2. The molecule has 0 unspecified atom stereocenters. The van der Waals surface area contributed by atoms with Gasteiger partial charge < -0.3 is 10.1 Å². The first-order valence-corrected chi connectivity index (χ1v) is 8.57. The van der Waals surface area contributed by atoms with Crippen LogP contribution in [0.15, 0.2) is 42.5 Å². The Hall–Kier alpha value is -2.29. The molecule has 0 bridgehead atoms. The monoisotopic (exact) mass is 325 g/mol. The van der Waals surface area contributed by atoms with Crippen molar-refractivity contribution in [3.8, 4) is 5.75 Å². The topological polar surface area (TPSA) is 38.3 Å². The molecule has 3 heteroatoms. The quantitative estimate of drug-likeness (QED) is 0.764. The smallest absolute Gasteiger partial charge is 0.251 e. The average molecular weight is 325 g/mol. The Kier molecular flexibility index (Phi) is 6.42. The van der Waals surface area contributed by atoms with Gasteiger partial charge in [0.15, 0.2) is 0 Å². The highest BCUT2D eigenvalue weighted by Crippen LogP contribution is 2.16. The van der Waals surface area contributed by atoms with E-state index in [-0.39, 0.29) is 12.0 Å². The first-order valence-electron chi connectivity index (χ1n) is 8.57. The zero-order valence-electron chi connectivity index (χ0n) is 15.1. The third-order valence-corrected chi connectivity index (χ3v) is 3.82. The summed E-state index contributed by atoms with van der Waals surface area (Å²) < 4.78 is 5.71. The molecule has 0 aromatic heterocycles. The van der Waals surface area contributed by atoms with E-state index in [1.165, 1.54) is 11.1 Å². The zero-order valence-corrected chi connectivity index (χ0v) is 15.1. The second kappa shape index (κ2) is 8.53. The number of carbonyl (C=O) groups is 1.